The number of carbonyl (C=O) groups excluding carboxylic acids is 4. The minimum absolute atomic E-state index is 0.0117. The Morgan fingerprint density at radius 3 is 2.48 bits per heavy atom. The monoisotopic (exact) mass is 590 g/mol. The first-order chi connectivity index (χ1) is 19.5. The second-order valence-electron chi connectivity index (χ2n) is 15.0. The van der Waals surface area contributed by atoms with Crippen molar-refractivity contribution >= 4 is 23.7 Å². The number of Topliss-reactive ketones (excluding diaryl/α,β-unsaturated/α-hetero) is 1. The number of cyclic esters (lactones) is 1. The maximum Gasteiger partial charge on any atom is 0.309 e. The lowest BCUT2D eigenvalue weighted by Gasteiger charge is -2.45. The van der Waals surface area contributed by atoms with Gasteiger partial charge in [-0.2, -0.15) is 0 Å². The molecule has 1 unspecified atom stereocenters. The van der Waals surface area contributed by atoms with Gasteiger partial charge >= 0.3 is 17.9 Å². The summed E-state index contributed by atoms with van der Waals surface area (Å²) in [5, 5.41) is 24.5. The van der Waals surface area contributed by atoms with Crippen molar-refractivity contribution in [3.8, 4) is 0 Å². The topological polar surface area (TPSA) is 155 Å². The lowest BCUT2D eigenvalue weighted by molar-refractivity contribution is -0.276. The van der Waals surface area contributed by atoms with Gasteiger partial charge in [0.2, 0.25) is 5.79 Å². The summed E-state index contributed by atoms with van der Waals surface area (Å²) in [7, 11) is 0. The minimum atomic E-state index is -2.17. The maximum absolute atomic E-state index is 14.3. The second kappa shape index (κ2) is 8.55. The van der Waals surface area contributed by atoms with Gasteiger partial charge < -0.3 is 33.9 Å². The molecular weight excluding hydrogens is 548 g/mol. The van der Waals surface area contributed by atoms with Crippen LogP contribution in [0.4, 0.5) is 0 Å². The molecule has 42 heavy (non-hydrogen) atoms. The van der Waals surface area contributed by atoms with Gasteiger partial charge in [-0.1, -0.05) is 20.8 Å². The number of aliphatic hydroxyl groups is 2. The van der Waals surface area contributed by atoms with Crippen LogP contribution in [0, 0.1) is 40.9 Å². The summed E-state index contributed by atoms with van der Waals surface area (Å²) >= 11 is 0. The van der Waals surface area contributed by atoms with Crippen molar-refractivity contribution in [2.75, 3.05) is 0 Å². The maximum atomic E-state index is 14.3. The van der Waals surface area contributed by atoms with Crippen molar-refractivity contribution < 1.29 is 53.1 Å². The third-order valence-corrected chi connectivity index (χ3v) is 12.4. The lowest BCUT2D eigenvalue weighted by Crippen LogP contribution is -2.63. The van der Waals surface area contributed by atoms with Crippen LogP contribution in [0.2, 0.25) is 0 Å². The Balaban J connectivity index is 1.24. The lowest BCUT2D eigenvalue weighted by atomic mass is 9.67. The van der Waals surface area contributed by atoms with E-state index in [1.807, 2.05) is 27.7 Å². The van der Waals surface area contributed by atoms with Gasteiger partial charge in [-0.3, -0.25) is 19.2 Å². The Labute approximate surface area is 244 Å². The quantitative estimate of drug-likeness (QED) is 0.364. The number of hydrogen-bond donors (Lipinski definition) is 2. The first-order valence-corrected chi connectivity index (χ1v) is 15.4. The van der Waals surface area contributed by atoms with Gasteiger partial charge in [0.25, 0.3) is 0 Å². The molecule has 14 atom stereocenters. The third kappa shape index (κ3) is 3.37. The molecule has 2 aliphatic carbocycles. The van der Waals surface area contributed by atoms with Crippen LogP contribution < -0.4 is 0 Å². The molecule has 2 bridgehead atoms. The highest BCUT2D eigenvalue weighted by atomic mass is 16.7. The molecule has 5 heterocycles. The molecule has 11 nitrogen and oxygen atoms in total. The number of ketones is 1. The van der Waals surface area contributed by atoms with E-state index in [0.29, 0.717) is 25.7 Å². The second-order valence-corrected chi connectivity index (χ2v) is 15.0. The van der Waals surface area contributed by atoms with Crippen LogP contribution in [0.3, 0.4) is 0 Å². The fourth-order valence-electron chi connectivity index (χ4n) is 10.7. The summed E-state index contributed by atoms with van der Waals surface area (Å²) in [5.74, 6) is -6.62. The summed E-state index contributed by atoms with van der Waals surface area (Å²) in [6.45, 7) is 10.8. The van der Waals surface area contributed by atoms with Crippen LogP contribution >= 0.6 is 0 Å². The zero-order chi connectivity index (χ0) is 30.4. The van der Waals surface area contributed by atoms with Gasteiger partial charge in [0.05, 0.1) is 23.9 Å². The molecule has 7 rings (SSSR count). The Morgan fingerprint density at radius 2 is 1.83 bits per heavy atom. The summed E-state index contributed by atoms with van der Waals surface area (Å²) < 4.78 is 30.2. The zero-order valence-electron chi connectivity index (χ0n) is 25.1. The van der Waals surface area contributed by atoms with E-state index < -0.39 is 82.0 Å². The number of hydrogen-bond acceptors (Lipinski definition) is 11. The van der Waals surface area contributed by atoms with Crippen LogP contribution in [0.1, 0.15) is 80.1 Å². The van der Waals surface area contributed by atoms with Crippen molar-refractivity contribution in [1.29, 1.82) is 0 Å². The molecule has 5 saturated heterocycles. The largest absolute Gasteiger partial charge is 0.458 e. The normalized spacial score (nSPS) is 53.0. The smallest absolute Gasteiger partial charge is 0.309 e. The Hall–Kier alpha value is -2.08. The summed E-state index contributed by atoms with van der Waals surface area (Å²) in [6, 6.07) is 0. The van der Waals surface area contributed by atoms with Gasteiger partial charge in [-0.15, -0.1) is 0 Å². The summed E-state index contributed by atoms with van der Waals surface area (Å²) in [6.07, 6.45) is -1.37. The van der Waals surface area contributed by atoms with E-state index in [4.69, 9.17) is 23.7 Å². The molecule has 0 aromatic heterocycles. The first kappa shape index (κ1) is 28.7. The number of ether oxygens (including phenoxy) is 5. The molecule has 0 radical (unpaired) electrons. The molecule has 7 aliphatic rings. The predicted molar refractivity (Wildman–Crippen MR) is 141 cm³/mol. The van der Waals surface area contributed by atoms with Crippen molar-refractivity contribution in [3.63, 3.8) is 0 Å². The van der Waals surface area contributed by atoms with E-state index >= 15 is 0 Å². The molecule has 2 spiro atoms. The molecule has 0 aromatic carbocycles. The minimum Gasteiger partial charge on any atom is -0.458 e. The fourth-order valence-corrected chi connectivity index (χ4v) is 10.7. The highest BCUT2D eigenvalue weighted by Crippen LogP contribution is 2.76. The van der Waals surface area contributed by atoms with Crippen molar-refractivity contribution in [2.24, 2.45) is 40.9 Å². The van der Waals surface area contributed by atoms with Crippen molar-refractivity contribution in [3.05, 3.63) is 0 Å². The van der Waals surface area contributed by atoms with Gasteiger partial charge in [-0.05, 0) is 50.9 Å². The standard InChI is InChI=1S/C31H42O11/c1-13-11-17(39-25(13)35)22(38-15(3)32)14(2)21-23-28(21,6)9-10-29-16(24(34)31(23,37)42-29)7-8-18-27(4,5)40-19-12-20(33)41-30(18,19)26(29)36/h13-14,16-19,21-23,26,36-37H,7-12H2,1-6H3/t13-,14+,16+,17+,18+,19-,21-,22+,23?,26+,28-,29+,30+,31+/m1/s1. The van der Waals surface area contributed by atoms with E-state index in [1.165, 1.54) is 6.92 Å². The van der Waals surface area contributed by atoms with Crippen LogP contribution in [0.5, 0.6) is 0 Å². The van der Waals surface area contributed by atoms with Crippen LogP contribution in [-0.2, 0) is 42.9 Å². The predicted octanol–water partition coefficient (Wildman–Crippen LogP) is 1.83. The number of aliphatic hydroxyl groups excluding tert-OH is 1. The molecule has 0 amide bonds. The highest BCUT2D eigenvalue weighted by molar-refractivity contribution is 5.92. The molecule has 7 fully saturated rings. The SMILES string of the molecule is CC(=O)O[C@@H]([C@@H](C)[C@@H]1C2[C@]1(C)CC[C@]13O[C@]2(O)C(=O)[C@@H]1CC[C@H]1C(C)(C)O[C@@H]2CC(=O)O[C@]21[C@H]3O)[C@@H]1C[C@@H](C)C(=O)O1. The molecule has 232 valence electrons. The van der Waals surface area contributed by atoms with Gasteiger partial charge in [0.15, 0.2) is 11.4 Å². The average Bonchev–Trinajstić information content (AvgIpc) is 2.99. The van der Waals surface area contributed by atoms with Crippen LogP contribution in [0.15, 0.2) is 0 Å². The molecule has 11 heteroatoms. The van der Waals surface area contributed by atoms with E-state index in [0.717, 1.165) is 0 Å². The summed E-state index contributed by atoms with van der Waals surface area (Å²) in [4.78, 5) is 51.3. The number of carbonyl (C=O) groups is 4. The fraction of sp³-hybridized carbons (Fsp3) is 0.871. The zero-order valence-corrected chi connectivity index (χ0v) is 25.1. The first-order valence-electron chi connectivity index (χ1n) is 15.4. The van der Waals surface area contributed by atoms with Gasteiger partial charge in [0.1, 0.15) is 30.0 Å². The van der Waals surface area contributed by atoms with E-state index in [9.17, 15) is 29.4 Å². The Morgan fingerprint density at radius 1 is 1.12 bits per heavy atom. The van der Waals surface area contributed by atoms with Crippen molar-refractivity contribution in [1.82, 2.24) is 0 Å². The summed E-state index contributed by atoms with van der Waals surface area (Å²) in [5.41, 5.74) is -4.08. The average molecular weight is 591 g/mol. The highest BCUT2D eigenvalue weighted by Gasteiger charge is 2.85. The molecule has 0 aromatic rings. The van der Waals surface area contributed by atoms with Crippen molar-refractivity contribution in [2.45, 2.75) is 127 Å². The van der Waals surface area contributed by atoms with Crippen LogP contribution in [0.25, 0.3) is 0 Å². The third-order valence-electron chi connectivity index (χ3n) is 12.4. The van der Waals surface area contributed by atoms with E-state index in [1.54, 1.807) is 6.92 Å². The van der Waals surface area contributed by atoms with Gasteiger partial charge in [0, 0.05) is 31.1 Å². The number of fused-ring (bicyclic) bond motifs is 3. The Bertz CT molecular complexity index is 1260. The van der Waals surface area contributed by atoms with Gasteiger partial charge in [-0.25, -0.2) is 0 Å². The van der Waals surface area contributed by atoms with E-state index in [2.05, 4.69) is 0 Å². The van der Waals surface area contributed by atoms with Crippen LogP contribution in [-0.4, -0.2) is 80.9 Å². The Kier molecular flexibility index (Phi) is 5.84. The molecule has 5 aliphatic heterocycles. The molecular formula is C31H42O11. The molecule has 2 N–H and O–H groups in total. The number of rotatable bonds is 4. The number of esters is 3. The van der Waals surface area contributed by atoms with E-state index in [-0.39, 0.29) is 42.5 Å². The molecule has 2 saturated carbocycles.